The van der Waals surface area contributed by atoms with Crippen LogP contribution in [-0.2, 0) is 6.42 Å². The molecule has 0 saturated heterocycles. The normalized spacial score (nSPS) is 25.2. The molecule has 1 heterocycles. The predicted molar refractivity (Wildman–Crippen MR) is 88.2 cm³/mol. The fourth-order valence-corrected chi connectivity index (χ4v) is 4.49. The molecule has 1 saturated carbocycles. The van der Waals surface area contributed by atoms with Gasteiger partial charge in [-0.3, -0.25) is 0 Å². The molecule has 1 fully saturated rings. The fourth-order valence-electron chi connectivity index (χ4n) is 4.24. The highest BCUT2D eigenvalue weighted by molar-refractivity contribution is 6.30. The van der Waals surface area contributed by atoms with Crippen molar-refractivity contribution in [1.29, 1.82) is 0 Å². The van der Waals surface area contributed by atoms with Crippen molar-refractivity contribution in [2.75, 3.05) is 13.7 Å². The quantitative estimate of drug-likeness (QED) is 0.870. The molecular weight excluding hydrogens is 282 g/mol. The third-order valence-electron chi connectivity index (χ3n) is 5.42. The molecule has 2 unspecified atom stereocenters. The van der Waals surface area contributed by atoms with E-state index < -0.39 is 0 Å². The number of hydrogen-bond donors (Lipinski definition) is 1. The van der Waals surface area contributed by atoms with Gasteiger partial charge in [-0.25, -0.2) is 0 Å². The maximum atomic E-state index is 6.36. The number of ether oxygens (including phenoxy) is 1. The van der Waals surface area contributed by atoms with Gasteiger partial charge in [-0.05, 0) is 48.9 Å². The second-order valence-electron chi connectivity index (χ2n) is 7.19. The van der Waals surface area contributed by atoms with Gasteiger partial charge in [0.15, 0.2) is 0 Å². The van der Waals surface area contributed by atoms with Crippen LogP contribution in [0, 0.1) is 11.3 Å². The van der Waals surface area contributed by atoms with Crippen molar-refractivity contribution in [3.8, 4) is 5.75 Å². The number of halogens is 1. The standard InChI is InChI=1S/C18H26ClNO/c1-18(2)8-5-4-6-15(18)16(20-3)14-11-13(19)10-12-7-9-21-17(12)14/h10-11,15-16,20H,4-9H2,1-3H3. The lowest BCUT2D eigenvalue weighted by atomic mass is 9.64. The second kappa shape index (κ2) is 5.81. The van der Waals surface area contributed by atoms with Crippen LogP contribution in [0.15, 0.2) is 12.1 Å². The Hall–Kier alpha value is -0.730. The van der Waals surface area contributed by atoms with Gasteiger partial charge >= 0.3 is 0 Å². The summed E-state index contributed by atoms with van der Waals surface area (Å²) in [5.74, 6) is 1.71. The van der Waals surface area contributed by atoms with Crippen LogP contribution in [0.3, 0.4) is 0 Å². The summed E-state index contributed by atoms with van der Waals surface area (Å²) >= 11 is 6.36. The number of benzene rings is 1. The van der Waals surface area contributed by atoms with Crippen LogP contribution >= 0.6 is 11.6 Å². The Bertz CT molecular complexity index is 526. The van der Waals surface area contributed by atoms with Crippen LogP contribution in [0.1, 0.15) is 56.7 Å². The molecule has 1 aromatic carbocycles. The topological polar surface area (TPSA) is 21.3 Å². The summed E-state index contributed by atoms with van der Waals surface area (Å²) in [5.41, 5.74) is 2.89. The zero-order chi connectivity index (χ0) is 15.0. The molecular formula is C18H26ClNO. The molecule has 1 N–H and O–H groups in total. The van der Waals surface area contributed by atoms with Crippen molar-refractivity contribution in [2.24, 2.45) is 11.3 Å². The Kier molecular flexibility index (Phi) is 4.20. The Morgan fingerprint density at radius 1 is 1.33 bits per heavy atom. The molecule has 3 rings (SSSR count). The molecule has 3 heteroatoms. The van der Waals surface area contributed by atoms with E-state index in [-0.39, 0.29) is 0 Å². The molecule has 0 amide bonds. The summed E-state index contributed by atoms with van der Waals surface area (Å²) in [6.07, 6.45) is 6.24. The zero-order valence-electron chi connectivity index (χ0n) is 13.3. The summed E-state index contributed by atoms with van der Waals surface area (Å²) in [5, 5.41) is 4.40. The Morgan fingerprint density at radius 3 is 2.86 bits per heavy atom. The number of fused-ring (bicyclic) bond motifs is 1. The van der Waals surface area contributed by atoms with Crippen LogP contribution in [0.5, 0.6) is 5.75 Å². The maximum Gasteiger partial charge on any atom is 0.127 e. The molecule has 2 nitrogen and oxygen atoms in total. The molecule has 1 aliphatic heterocycles. The minimum absolute atomic E-state index is 0.325. The summed E-state index contributed by atoms with van der Waals surface area (Å²) < 4.78 is 5.93. The molecule has 0 radical (unpaired) electrons. The van der Waals surface area contributed by atoms with E-state index in [1.807, 2.05) is 0 Å². The van der Waals surface area contributed by atoms with Gasteiger partial charge in [-0.1, -0.05) is 38.3 Å². The van der Waals surface area contributed by atoms with Crippen LogP contribution in [-0.4, -0.2) is 13.7 Å². The van der Waals surface area contributed by atoms with Gasteiger partial charge in [0.25, 0.3) is 0 Å². The minimum atomic E-state index is 0.325. The maximum absolute atomic E-state index is 6.36. The Morgan fingerprint density at radius 2 is 2.14 bits per heavy atom. The highest BCUT2D eigenvalue weighted by Gasteiger charge is 2.39. The van der Waals surface area contributed by atoms with Gasteiger partial charge in [0, 0.05) is 23.0 Å². The first-order chi connectivity index (χ1) is 10.0. The number of nitrogens with one attached hydrogen (secondary N) is 1. The predicted octanol–water partition coefficient (Wildman–Crippen LogP) is 4.75. The summed E-state index contributed by atoms with van der Waals surface area (Å²) in [6.45, 7) is 5.60. The van der Waals surface area contributed by atoms with Gasteiger partial charge in [0.1, 0.15) is 5.75 Å². The van der Waals surface area contributed by atoms with Gasteiger partial charge in [-0.15, -0.1) is 0 Å². The Labute approximate surface area is 133 Å². The van der Waals surface area contributed by atoms with Crippen molar-refractivity contribution >= 4 is 11.6 Å². The highest BCUT2D eigenvalue weighted by Crippen LogP contribution is 2.49. The second-order valence-corrected chi connectivity index (χ2v) is 7.63. The third kappa shape index (κ3) is 2.80. The van der Waals surface area contributed by atoms with Crippen molar-refractivity contribution in [2.45, 2.75) is 52.0 Å². The largest absolute Gasteiger partial charge is 0.493 e. The summed E-state index contributed by atoms with van der Waals surface area (Å²) in [6, 6.07) is 4.50. The first-order valence-corrected chi connectivity index (χ1v) is 8.53. The third-order valence-corrected chi connectivity index (χ3v) is 5.63. The average molecular weight is 308 g/mol. The minimum Gasteiger partial charge on any atom is -0.493 e. The first kappa shape index (κ1) is 15.2. The first-order valence-electron chi connectivity index (χ1n) is 8.15. The molecule has 1 aromatic rings. The van der Waals surface area contributed by atoms with E-state index in [9.17, 15) is 0 Å². The summed E-state index contributed by atoms with van der Waals surface area (Å²) in [7, 11) is 2.07. The molecule has 1 aliphatic carbocycles. The summed E-state index contributed by atoms with van der Waals surface area (Å²) in [4.78, 5) is 0. The van der Waals surface area contributed by atoms with Crippen LogP contribution in [0.2, 0.25) is 5.02 Å². The van der Waals surface area contributed by atoms with Crippen molar-refractivity contribution < 1.29 is 4.74 Å². The smallest absolute Gasteiger partial charge is 0.127 e. The van der Waals surface area contributed by atoms with Gasteiger partial charge < -0.3 is 10.1 Å². The van der Waals surface area contributed by atoms with Crippen molar-refractivity contribution in [1.82, 2.24) is 5.32 Å². The SMILES string of the molecule is CNC(c1cc(Cl)cc2c1OCC2)C1CCCCC1(C)C. The molecule has 2 atom stereocenters. The molecule has 116 valence electrons. The van der Waals surface area contributed by atoms with Gasteiger partial charge in [-0.2, -0.15) is 0 Å². The van der Waals surface area contributed by atoms with E-state index in [0.717, 1.165) is 23.8 Å². The molecule has 0 bridgehead atoms. The lowest BCUT2D eigenvalue weighted by Gasteiger charge is -2.43. The highest BCUT2D eigenvalue weighted by atomic mass is 35.5. The van der Waals surface area contributed by atoms with Gasteiger partial charge in [0.2, 0.25) is 0 Å². The monoisotopic (exact) mass is 307 g/mol. The molecule has 2 aliphatic rings. The van der Waals surface area contributed by atoms with Crippen molar-refractivity contribution in [3.63, 3.8) is 0 Å². The average Bonchev–Trinajstić information content (AvgIpc) is 2.89. The van der Waals surface area contributed by atoms with Crippen LogP contribution < -0.4 is 10.1 Å². The zero-order valence-corrected chi connectivity index (χ0v) is 14.1. The van der Waals surface area contributed by atoms with Gasteiger partial charge in [0.05, 0.1) is 6.61 Å². The lowest BCUT2D eigenvalue weighted by Crippen LogP contribution is -2.38. The van der Waals surface area contributed by atoms with E-state index in [1.165, 1.54) is 36.8 Å². The molecule has 21 heavy (non-hydrogen) atoms. The fraction of sp³-hybridized carbons (Fsp3) is 0.667. The number of hydrogen-bond acceptors (Lipinski definition) is 2. The number of rotatable bonds is 3. The molecule has 0 spiro atoms. The Balaban J connectivity index is 2.00. The van der Waals surface area contributed by atoms with Crippen molar-refractivity contribution in [3.05, 3.63) is 28.3 Å². The van der Waals surface area contributed by atoms with E-state index in [0.29, 0.717) is 17.4 Å². The van der Waals surface area contributed by atoms with E-state index in [2.05, 4.69) is 38.3 Å². The van der Waals surface area contributed by atoms with Crippen LogP contribution in [0.4, 0.5) is 0 Å². The lowest BCUT2D eigenvalue weighted by molar-refractivity contribution is 0.100. The van der Waals surface area contributed by atoms with E-state index in [4.69, 9.17) is 16.3 Å². The van der Waals surface area contributed by atoms with E-state index >= 15 is 0 Å². The van der Waals surface area contributed by atoms with Crippen LogP contribution in [0.25, 0.3) is 0 Å². The molecule has 0 aromatic heterocycles. The van der Waals surface area contributed by atoms with E-state index in [1.54, 1.807) is 0 Å².